The molecule has 0 radical (unpaired) electrons. The second-order valence-corrected chi connectivity index (χ2v) is 8.05. The van der Waals surface area contributed by atoms with Crippen molar-refractivity contribution in [1.29, 1.82) is 0 Å². The molecule has 0 aromatic heterocycles. The summed E-state index contributed by atoms with van der Waals surface area (Å²) in [7, 11) is -32.3. The average molecular weight is 1270 g/mol. The standard InChI is InChI=1S/18K.6H3O4P/c;;;;;;;;;;;;;;;;;;6*1-5(2,3)4/h;;;;;;;;;;;;;;;;;;6*(H3,1,2,3,4)/q18*+1;;;;;;/p-18. The molecule has 0 aromatic carbocycles. The van der Waals surface area contributed by atoms with E-state index in [4.69, 9.17) is 115 Å². The van der Waals surface area contributed by atoms with Gasteiger partial charge in [-0.25, -0.2) is 0 Å². The van der Waals surface area contributed by atoms with Crippen LogP contribution in [0.15, 0.2) is 0 Å². The smallest absolute Gasteiger partial charge is 0.822 e. The molecular formula is K18O24P6. The Balaban J connectivity index is -0.00000000609. The Morgan fingerprint density at radius 1 is 0.146 bits per heavy atom. The van der Waals surface area contributed by atoms with Gasteiger partial charge in [0.05, 0.1) is 0 Å². The molecule has 0 aliphatic carbocycles. The van der Waals surface area contributed by atoms with E-state index in [9.17, 15) is 0 Å². The fourth-order valence-corrected chi connectivity index (χ4v) is 0. The minimum absolute atomic E-state index is 0. The molecule has 48 heteroatoms. The quantitative estimate of drug-likeness (QED) is 0.160. The van der Waals surface area contributed by atoms with Crippen molar-refractivity contribution < 1.29 is 1040 Å². The molecule has 0 aliphatic heterocycles. The maximum Gasteiger partial charge on any atom is 1.00 e. The van der Waals surface area contributed by atoms with Crippen LogP contribution in [0.1, 0.15) is 0 Å². The maximum absolute atomic E-state index is 8.55. The van der Waals surface area contributed by atoms with Gasteiger partial charge in [-0.1, -0.05) is 0 Å². The third kappa shape index (κ3) is 474. The van der Waals surface area contributed by atoms with Gasteiger partial charge >= 0.3 is 925 Å². The Hall–Kier alpha value is 30.1. The summed E-state index contributed by atoms with van der Waals surface area (Å²) in [5.74, 6) is 0. The molecule has 0 fully saturated rings. The molecule has 0 amide bonds. The van der Waals surface area contributed by atoms with Crippen molar-refractivity contribution in [3.8, 4) is 0 Å². The van der Waals surface area contributed by atoms with Gasteiger partial charge in [0.2, 0.25) is 0 Å². The molecule has 0 saturated carbocycles. The molecule has 0 saturated heterocycles. The SMILES string of the molecule is O=P([O-])([O-])[O-].O=P([O-])([O-])[O-].O=P([O-])([O-])[O-].O=P([O-])([O-])[O-].O=P([O-])([O-])[O-].O=P([O-])([O-])[O-].[K+].[K+].[K+].[K+].[K+].[K+].[K+].[K+].[K+].[K+].[K+].[K+].[K+].[K+].[K+].[K+].[K+].[K+]. The van der Waals surface area contributed by atoms with Gasteiger partial charge in [0.1, 0.15) is 0 Å². The van der Waals surface area contributed by atoms with Gasteiger partial charge in [-0.2, -0.15) is 46.9 Å². The van der Waals surface area contributed by atoms with Crippen LogP contribution >= 0.6 is 46.9 Å². The van der Waals surface area contributed by atoms with Crippen molar-refractivity contribution in [2.75, 3.05) is 0 Å². The average Bonchev–Trinajstić information content (AvgIpc) is 1.94. The van der Waals surface area contributed by atoms with Gasteiger partial charge in [0, 0.05) is 0 Å². The third-order valence-electron chi connectivity index (χ3n) is 0. The zero-order valence-corrected chi connectivity index (χ0v) is 92.1. The Kier molecular flexibility index (Phi) is 338. The number of phosphoric acid groups is 6. The summed E-state index contributed by atoms with van der Waals surface area (Å²) in [6.45, 7) is 0. The van der Waals surface area contributed by atoms with E-state index in [1.54, 1.807) is 0 Å². The Bertz CT molecular complexity index is 500. The molecule has 48 heavy (non-hydrogen) atoms. The van der Waals surface area contributed by atoms with E-state index in [-0.39, 0.29) is 925 Å². The Labute approximate surface area is 1040 Å². The largest absolute Gasteiger partial charge is 1.00 e. The van der Waals surface area contributed by atoms with Crippen LogP contribution in [-0.2, 0) is 27.4 Å². The molecule has 0 rings (SSSR count). The van der Waals surface area contributed by atoms with E-state index in [0.717, 1.165) is 0 Å². The minimum Gasteiger partial charge on any atom is -0.822 e. The Morgan fingerprint density at radius 3 is 0.146 bits per heavy atom. The molecule has 24 nitrogen and oxygen atoms in total. The van der Waals surface area contributed by atoms with Crippen molar-refractivity contribution in [3.05, 3.63) is 0 Å². The first-order valence-corrected chi connectivity index (χ1v) is 13.1. The molecule has 0 unspecified atom stereocenters. The third-order valence-corrected chi connectivity index (χ3v) is 0. The van der Waals surface area contributed by atoms with Gasteiger partial charge in [-0.15, -0.1) is 0 Å². The minimum atomic E-state index is -5.39. The second-order valence-electron chi connectivity index (χ2n) is 2.68. The van der Waals surface area contributed by atoms with Gasteiger partial charge in [0.25, 0.3) is 0 Å². The first-order valence-electron chi connectivity index (χ1n) is 4.38. The molecule has 0 spiro atoms. The number of rotatable bonds is 0. The predicted octanol–water partition coefficient (Wildman–Crippen LogP) is -70.9. The van der Waals surface area contributed by atoms with Crippen LogP contribution in [0.4, 0.5) is 0 Å². The van der Waals surface area contributed by atoms with Crippen molar-refractivity contribution in [1.82, 2.24) is 0 Å². The first-order chi connectivity index (χ1) is 12.0. The monoisotopic (exact) mass is 1270 g/mol. The fourth-order valence-electron chi connectivity index (χ4n) is 0. The van der Waals surface area contributed by atoms with Crippen LogP contribution in [0.25, 0.3) is 0 Å². The van der Waals surface area contributed by atoms with E-state index in [2.05, 4.69) is 0 Å². The van der Waals surface area contributed by atoms with Crippen LogP contribution in [0, 0.1) is 0 Å². The number of hydrogen-bond donors (Lipinski definition) is 0. The molecule has 192 valence electrons. The van der Waals surface area contributed by atoms with Gasteiger partial charge in [-0.3, -0.25) is 0 Å². The summed E-state index contributed by atoms with van der Waals surface area (Å²) in [6, 6.07) is 0. The van der Waals surface area contributed by atoms with E-state index < -0.39 is 46.9 Å². The maximum atomic E-state index is 8.55. The molecule has 0 atom stereocenters. The van der Waals surface area contributed by atoms with E-state index >= 15 is 0 Å². The van der Waals surface area contributed by atoms with Crippen LogP contribution in [0.5, 0.6) is 0 Å². The van der Waals surface area contributed by atoms with E-state index in [1.807, 2.05) is 0 Å². The van der Waals surface area contributed by atoms with Crippen LogP contribution < -0.4 is 1010 Å². The summed E-state index contributed by atoms with van der Waals surface area (Å²) in [6.07, 6.45) is 0. The first kappa shape index (κ1) is 159. The summed E-state index contributed by atoms with van der Waals surface area (Å²) in [5, 5.41) is 0. The summed E-state index contributed by atoms with van der Waals surface area (Å²) < 4.78 is 51.3. The normalized spacial score (nSPS) is 7.38. The van der Waals surface area contributed by atoms with Crippen molar-refractivity contribution in [3.63, 3.8) is 0 Å². The summed E-state index contributed by atoms with van der Waals surface area (Å²) >= 11 is 0. The molecule has 0 bridgehead atoms. The molecular weight excluding hydrogens is 1270 g/mol. The van der Waals surface area contributed by atoms with Crippen molar-refractivity contribution >= 4 is 46.9 Å². The van der Waals surface area contributed by atoms with Gasteiger partial charge in [-0.05, 0) is 0 Å². The van der Waals surface area contributed by atoms with E-state index in [1.165, 1.54) is 0 Å². The van der Waals surface area contributed by atoms with Crippen LogP contribution in [-0.4, -0.2) is 0 Å². The van der Waals surface area contributed by atoms with Gasteiger partial charge in [0.15, 0.2) is 0 Å². The topological polar surface area (TPSA) is 518 Å². The number of hydrogen-bond acceptors (Lipinski definition) is 24. The molecule has 0 aliphatic rings. The zero-order valence-electron chi connectivity index (χ0n) is 30.5. The fraction of sp³-hybridized carbons (Fsp3) is 0. The van der Waals surface area contributed by atoms with Crippen molar-refractivity contribution in [2.24, 2.45) is 0 Å². The Morgan fingerprint density at radius 2 is 0.146 bits per heavy atom. The second kappa shape index (κ2) is 102. The molecule has 0 N–H and O–H groups in total. The summed E-state index contributed by atoms with van der Waals surface area (Å²) in [4.78, 5) is 154. The van der Waals surface area contributed by atoms with Crippen LogP contribution in [0.3, 0.4) is 0 Å². The van der Waals surface area contributed by atoms with Crippen molar-refractivity contribution in [2.45, 2.75) is 0 Å². The van der Waals surface area contributed by atoms with Gasteiger partial charge < -0.3 is 115 Å². The zero-order chi connectivity index (χ0) is 27.0. The van der Waals surface area contributed by atoms with Crippen LogP contribution in [0.2, 0.25) is 0 Å². The summed E-state index contributed by atoms with van der Waals surface area (Å²) in [5.41, 5.74) is 0. The predicted molar refractivity (Wildman–Crippen MR) is 45.6 cm³/mol. The molecule has 0 aromatic rings. The van der Waals surface area contributed by atoms with E-state index in [0.29, 0.717) is 0 Å². The molecule has 0 heterocycles.